The van der Waals surface area contributed by atoms with Crippen LogP contribution in [0.3, 0.4) is 0 Å². The molecule has 140 valence electrons. The molecule has 2 aromatic rings. The summed E-state index contributed by atoms with van der Waals surface area (Å²) < 4.78 is 5.75. The largest absolute Gasteiger partial charge is 0.489 e. The molecule has 1 N–H and O–H groups in total. The van der Waals surface area contributed by atoms with Gasteiger partial charge in [-0.15, -0.1) is 0 Å². The SMILES string of the molecule is CCCCN(C)CCC(=O)Nc1ccc(OCc2ccc(Cl)cc2)cc1. The van der Waals surface area contributed by atoms with Crippen LogP contribution in [0.1, 0.15) is 31.7 Å². The Kier molecular flexibility index (Phi) is 8.45. The fourth-order valence-electron chi connectivity index (χ4n) is 2.44. The summed E-state index contributed by atoms with van der Waals surface area (Å²) in [4.78, 5) is 14.2. The lowest BCUT2D eigenvalue weighted by molar-refractivity contribution is -0.116. The molecule has 0 aliphatic carbocycles. The Hall–Kier alpha value is -2.04. The van der Waals surface area contributed by atoms with Crippen molar-refractivity contribution in [3.8, 4) is 5.75 Å². The summed E-state index contributed by atoms with van der Waals surface area (Å²) in [7, 11) is 2.05. The van der Waals surface area contributed by atoms with Crippen molar-refractivity contribution in [3.63, 3.8) is 0 Å². The van der Waals surface area contributed by atoms with E-state index in [4.69, 9.17) is 16.3 Å². The Morgan fingerprint density at radius 3 is 2.42 bits per heavy atom. The van der Waals surface area contributed by atoms with Gasteiger partial charge in [-0.1, -0.05) is 37.1 Å². The molecule has 0 radical (unpaired) electrons. The van der Waals surface area contributed by atoms with Gasteiger partial charge in [0.25, 0.3) is 0 Å². The molecule has 0 aliphatic heterocycles. The third-order valence-electron chi connectivity index (χ3n) is 4.07. The topological polar surface area (TPSA) is 41.6 Å². The summed E-state index contributed by atoms with van der Waals surface area (Å²) in [5, 5.41) is 3.64. The fraction of sp³-hybridized carbons (Fsp3) is 0.381. The smallest absolute Gasteiger partial charge is 0.225 e. The Balaban J connectivity index is 1.74. The molecule has 0 bridgehead atoms. The molecular formula is C21H27ClN2O2. The number of amides is 1. The second kappa shape index (κ2) is 10.8. The highest BCUT2D eigenvalue weighted by Crippen LogP contribution is 2.18. The van der Waals surface area contributed by atoms with Crippen LogP contribution in [-0.4, -0.2) is 30.9 Å². The van der Waals surface area contributed by atoms with E-state index in [1.54, 1.807) is 0 Å². The Bertz CT molecular complexity index is 671. The van der Waals surface area contributed by atoms with Crippen LogP contribution >= 0.6 is 11.6 Å². The molecule has 0 heterocycles. The number of rotatable bonds is 10. The molecule has 0 aliphatic rings. The minimum Gasteiger partial charge on any atom is -0.489 e. The van der Waals surface area contributed by atoms with Gasteiger partial charge in [0.05, 0.1) is 0 Å². The molecule has 0 saturated carbocycles. The van der Waals surface area contributed by atoms with Gasteiger partial charge in [0.1, 0.15) is 12.4 Å². The second-order valence-corrected chi connectivity index (χ2v) is 6.83. The highest BCUT2D eigenvalue weighted by molar-refractivity contribution is 6.30. The maximum atomic E-state index is 12.0. The predicted octanol–water partition coefficient (Wildman–Crippen LogP) is 4.98. The van der Waals surface area contributed by atoms with Crippen molar-refractivity contribution in [2.45, 2.75) is 32.8 Å². The highest BCUT2D eigenvalue weighted by Gasteiger charge is 2.05. The van der Waals surface area contributed by atoms with Crippen molar-refractivity contribution in [2.75, 3.05) is 25.5 Å². The maximum absolute atomic E-state index is 12.0. The van der Waals surface area contributed by atoms with E-state index in [2.05, 4.69) is 24.2 Å². The summed E-state index contributed by atoms with van der Waals surface area (Å²) >= 11 is 5.87. The molecule has 0 saturated heterocycles. The normalized spacial score (nSPS) is 10.8. The van der Waals surface area contributed by atoms with Crippen LogP contribution in [0.5, 0.6) is 5.75 Å². The number of benzene rings is 2. The standard InChI is InChI=1S/C21H27ClN2O2/c1-3-4-14-24(2)15-13-21(25)23-19-9-11-20(12-10-19)26-16-17-5-7-18(22)8-6-17/h5-12H,3-4,13-16H2,1-2H3,(H,23,25). The molecule has 0 fully saturated rings. The Morgan fingerprint density at radius 1 is 1.08 bits per heavy atom. The van der Waals surface area contributed by atoms with Crippen LogP contribution in [0.15, 0.2) is 48.5 Å². The van der Waals surface area contributed by atoms with Crippen LogP contribution in [0.2, 0.25) is 5.02 Å². The van der Waals surface area contributed by atoms with Gasteiger partial charge in [0.2, 0.25) is 5.91 Å². The molecule has 2 aromatic carbocycles. The first-order valence-corrected chi connectivity index (χ1v) is 9.40. The molecule has 0 unspecified atom stereocenters. The van der Waals surface area contributed by atoms with Crippen LogP contribution < -0.4 is 10.1 Å². The van der Waals surface area contributed by atoms with E-state index < -0.39 is 0 Å². The Labute approximate surface area is 161 Å². The van der Waals surface area contributed by atoms with Gasteiger partial charge in [0, 0.05) is 23.7 Å². The van der Waals surface area contributed by atoms with Crippen molar-refractivity contribution in [1.29, 1.82) is 0 Å². The number of hydrogen-bond donors (Lipinski definition) is 1. The van der Waals surface area contributed by atoms with Crippen molar-refractivity contribution < 1.29 is 9.53 Å². The average Bonchev–Trinajstić information content (AvgIpc) is 2.65. The molecule has 1 amide bonds. The van der Waals surface area contributed by atoms with Crippen LogP contribution in [-0.2, 0) is 11.4 Å². The number of ether oxygens (including phenoxy) is 1. The lowest BCUT2D eigenvalue weighted by Crippen LogP contribution is -2.25. The first kappa shape index (κ1) is 20.3. The number of anilines is 1. The molecule has 4 nitrogen and oxygen atoms in total. The van der Waals surface area contributed by atoms with E-state index in [9.17, 15) is 4.79 Å². The number of halogens is 1. The zero-order valence-corrected chi connectivity index (χ0v) is 16.3. The molecule has 0 spiro atoms. The van der Waals surface area contributed by atoms with Gasteiger partial charge in [0.15, 0.2) is 0 Å². The zero-order valence-electron chi connectivity index (χ0n) is 15.5. The third kappa shape index (κ3) is 7.46. The number of nitrogens with zero attached hydrogens (tertiary/aromatic N) is 1. The Morgan fingerprint density at radius 2 is 1.77 bits per heavy atom. The molecule has 5 heteroatoms. The number of carbonyl (C=O) groups excluding carboxylic acids is 1. The van der Waals surface area contributed by atoms with Gasteiger partial charge in [-0.25, -0.2) is 0 Å². The zero-order chi connectivity index (χ0) is 18.8. The number of nitrogens with one attached hydrogen (secondary N) is 1. The number of carbonyl (C=O) groups is 1. The molecule has 0 aromatic heterocycles. The monoisotopic (exact) mass is 374 g/mol. The lowest BCUT2D eigenvalue weighted by Gasteiger charge is -2.15. The summed E-state index contributed by atoms with van der Waals surface area (Å²) in [6, 6.07) is 15.0. The summed E-state index contributed by atoms with van der Waals surface area (Å²) in [5.74, 6) is 0.792. The van der Waals surface area contributed by atoms with E-state index in [0.717, 1.165) is 36.5 Å². The first-order chi connectivity index (χ1) is 12.6. The third-order valence-corrected chi connectivity index (χ3v) is 4.32. The fourth-order valence-corrected chi connectivity index (χ4v) is 2.56. The number of unbranched alkanes of at least 4 members (excludes halogenated alkanes) is 1. The second-order valence-electron chi connectivity index (χ2n) is 6.39. The minimum atomic E-state index is 0.0307. The van der Waals surface area contributed by atoms with Gasteiger partial charge in [-0.3, -0.25) is 4.79 Å². The van der Waals surface area contributed by atoms with E-state index >= 15 is 0 Å². The summed E-state index contributed by atoms with van der Waals surface area (Å²) in [6.45, 7) is 4.45. The van der Waals surface area contributed by atoms with Crippen molar-refractivity contribution >= 4 is 23.2 Å². The van der Waals surface area contributed by atoms with E-state index in [1.165, 1.54) is 6.42 Å². The van der Waals surface area contributed by atoms with Crippen LogP contribution in [0.25, 0.3) is 0 Å². The first-order valence-electron chi connectivity index (χ1n) is 9.02. The predicted molar refractivity (Wildman–Crippen MR) is 108 cm³/mol. The van der Waals surface area contributed by atoms with Gasteiger partial charge < -0.3 is 15.0 Å². The lowest BCUT2D eigenvalue weighted by atomic mass is 10.2. The van der Waals surface area contributed by atoms with E-state index in [0.29, 0.717) is 18.1 Å². The molecule has 26 heavy (non-hydrogen) atoms. The maximum Gasteiger partial charge on any atom is 0.225 e. The van der Waals surface area contributed by atoms with Crippen molar-refractivity contribution in [2.24, 2.45) is 0 Å². The van der Waals surface area contributed by atoms with E-state index in [1.807, 2.05) is 48.5 Å². The minimum absolute atomic E-state index is 0.0307. The highest BCUT2D eigenvalue weighted by atomic mass is 35.5. The van der Waals surface area contributed by atoms with Crippen molar-refractivity contribution in [1.82, 2.24) is 4.90 Å². The van der Waals surface area contributed by atoms with Gasteiger partial charge in [-0.2, -0.15) is 0 Å². The number of hydrogen-bond acceptors (Lipinski definition) is 3. The molecule has 2 rings (SSSR count). The summed E-state index contributed by atoms with van der Waals surface area (Å²) in [5.41, 5.74) is 1.84. The molecule has 0 atom stereocenters. The quantitative estimate of drug-likeness (QED) is 0.637. The summed E-state index contributed by atoms with van der Waals surface area (Å²) in [6.07, 6.45) is 2.83. The van der Waals surface area contributed by atoms with Crippen LogP contribution in [0.4, 0.5) is 5.69 Å². The average molecular weight is 375 g/mol. The van der Waals surface area contributed by atoms with Crippen LogP contribution in [0, 0.1) is 0 Å². The van der Waals surface area contributed by atoms with Gasteiger partial charge >= 0.3 is 0 Å². The van der Waals surface area contributed by atoms with E-state index in [-0.39, 0.29) is 5.91 Å². The van der Waals surface area contributed by atoms with Gasteiger partial charge in [-0.05, 0) is 62.0 Å². The molecular weight excluding hydrogens is 348 g/mol. The van der Waals surface area contributed by atoms with Crippen molar-refractivity contribution in [3.05, 3.63) is 59.1 Å².